The Bertz CT molecular complexity index is 603. The molecule has 1 aromatic rings. The molecule has 0 bridgehead atoms. The summed E-state index contributed by atoms with van der Waals surface area (Å²) >= 11 is 0. The third kappa shape index (κ3) is 2.09. The Labute approximate surface area is 127 Å². The lowest BCUT2D eigenvalue weighted by molar-refractivity contribution is -0.132. The highest BCUT2D eigenvalue weighted by atomic mass is 16.5. The molecule has 1 spiro atoms. The maximum Gasteiger partial charge on any atom is 0.325 e. The molecule has 2 aliphatic heterocycles. The van der Waals surface area contributed by atoms with E-state index in [4.69, 9.17) is 4.52 Å². The minimum Gasteiger partial charge on any atom is -0.339 e. The van der Waals surface area contributed by atoms with Crippen LogP contribution in [0.5, 0.6) is 0 Å². The van der Waals surface area contributed by atoms with Crippen LogP contribution in [0.15, 0.2) is 4.52 Å². The molecule has 4 rings (SSSR count). The van der Waals surface area contributed by atoms with E-state index in [1.807, 2.05) is 0 Å². The van der Waals surface area contributed by atoms with Gasteiger partial charge in [0.25, 0.3) is 5.91 Å². The number of aromatic nitrogens is 2. The van der Waals surface area contributed by atoms with E-state index in [0.29, 0.717) is 30.5 Å². The van der Waals surface area contributed by atoms with Crippen molar-refractivity contribution in [3.05, 3.63) is 11.7 Å². The fourth-order valence-electron chi connectivity index (χ4n) is 3.31. The Kier molecular flexibility index (Phi) is 3.14. The molecule has 3 amide bonds. The Morgan fingerprint density at radius 1 is 1.27 bits per heavy atom. The smallest absolute Gasteiger partial charge is 0.325 e. The lowest BCUT2D eigenvalue weighted by Crippen LogP contribution is -2.53. The van der Waals surface area contributed by atoms with Crippen molar-refractivity contribution in [1.29, 1.82) is 0 Å². The minimum atomic E-state index is -0.747. The number of urea groups is 1. The summed E-state index contributed by atoms with van der Waals surface area (Å²) in [7, 11) is 0. The Morgan fingerprint density at radius 2 is 2.05 bits per heavy atom. The van der Waals surface area contributed by atoms with Gasteiger partial charge in [-0.1, -0.05) is 11.6 Å². The number of hydrogen-bond donors (Lipinski definition) is 2. The number of imide groups is 1. The van der Waals surface area contributed by atoms with Crippen LogP contribution in [-0.4, -0.2) is 45.6 Å². The normalized spacial score (nSPS) is 24.6. The van der Waals surface area contributed by atoms with Crippen LogP contribution in [0.4, 0.5) is 4.79 Å². The third-order valence-corrected chi connectivity index (χ3v) is 4.94. The van der Waals surface area contributed by atoms with Crippen molar-refractivity contribution >= 4 is 11.9 Å². The fourth-order valence-corrected chi connectivity index (χ4v) is 3.31. The molecule has 1 saturated carbocycles. The molecule has 0 atom stereocenters. The number of carbonyl (C=O) groups is 2. The van der Waals surface area contributed by atoms with Crippen molar-refractivity contribution in [3.63, 3.8) is 0 Å². The summed E-state index contributed by atoms with van der Waals surface area (Å²) in [6, 6.07) is -0.359. The second-order valence-corrected chi connectivity index (χ2v) is 6.33. The molecule has 3 fully saturated rings. The maximum absolute atomic E-state index is 12.6. The Balaban J connectivity index is 1.49. The first-order chi connectivity index (χ1) is 10.7. The quantitative estimate of drug-likeness (QED) is 0.789. The van der Waals surface area contributed by atoms with Crippen LogP contribution in [0.1, 0.15) is 49.7 Å². The number of nitrogens with one attached hydrogen (secondary N) is 2. The van der Waals surface area contributed by atoms with Gasteiger partial charge in [-0.3, -0.25) is 9.69 Å². The summed E-state index contributed by atoms with van der Waals surface area (Å²) in [5.41, 5.74) is -0.747. The molecule has 0 unspecified atom stereocenters. The number of hydrogen-bond acceptors (Lipinski definition) is 6. The van der Waals surface area contributed by atoms with E-state index in [1.165, 1.54) is 11.3 Å². The summed E-state index contributed by atoms with van der Waals surface area (Å²) in [5, 5.41) is 9.97. The number of rotatable bonds is 3. The summed E-state index contributed by atoms with van der Waals surface area (Å²) in [4.78, 5) is 30.3. The Hall–Kier alpha value is -1.96. The van der Waals surface area contributed by atoms with Gasteiger partial charge in [0.2, 0.25) is 5.89 Å². The number of piperidine rings is 1. The lowest BCUT2D eigenvalue weighted by Gasteiger charge is -2.30. The van der Waals surface area contributed by atoms with Crippen LogP contribution in [0, 0.1) is 0 Å². The summed E-state index contributed by atoms with van der Waals surface area (Å²) in [6.07, 6.45) is 4.56. The molecular formula is C14H19N5O3. The van der Waals surface area contributed by atoms with Crippen LogP contribution in [0.2, 0.25) is 0 Å². The number of nitrogens with zero attached hydrogens (tertiary/aromatic N) is 3. The molecule has 3 aliphatic rings. The van der Waals surface area contributed by atoms with Crippen molar-refractivity contribution in [3.8, 4) is 0 Å². The van der Waals surface area contributed by atoms with E-state index in [2.05, 4.69) is 20.8 Å². The number of carbonyl (C=O) groups excluding carboxylic acids is 2. The van der Waals surface area contributed by atoms with Crippen molar-refractivity contribution in [2.45, 2.75) is 50.1 Å². The van der Waals surface area contributed by atoms with Gasteiger partial charge in [0, 0.05) is 5.92 Å². The van der Waals surface area contributed by atoms with Crippen molar-refractivity contribution in [2.24, 2.45) is 0 Å². The van der Waals surface area contributed by atoms with Gasteiger partial charge >= 0.3 is 6.03 Å². The molecule has 1 aromatic heterocycles. The van der Waals surface area contributed by atoms with Crippen LogP contribution in [0.25, 0.3) is 0 Å². The van der Waals surface area contributed by atoms with Gasteiger partial charge in [0.15, 0.2) is 5.82 Å². The molecular weight excluding hydrogens is 286 g/mol. The van der Waals surface area contributed by atoms with E-state index in [0.717, 1.165) is 25.9 Å². The minimum absolute atomic E-state index is 0.0794. The predicted molar refractivity (Wildman–Crippen MR) is 74.8 cm³/mol. The van der Waals surface area contributed by atoms with E-state index in [1.54, 1.807) is 0 Å². The van der Waals surface area contributed by atoms with Gasteiger partial charge < -0.3 is 15.2 Å². The van der Waals surface area contributed by atoms with Gasteiger partial charge in [-0.15, -0.1) is 0 Å². The topological polar surface area (TPSA) is 100 Å². The second kappa shape index (κ2) is 5.05. The first kappa shape index (κ1) is 13.7. The lowest BCUT2D eigenvalue weighted by atomic mass is 9.85. The van der Waals surface area contributed by atoms with E-state index < -0.39 is 5.54 Å². The van der Waals surface area contributed by atoms with E-state index in [9.17, 15) is 9.59 Å². The van der Waals surface area contributed by atoms with Crippen molar-refractivity contribution in [1.82, 2.24) is 25.7 Å². The monoisotopic (exact) mass is 305 g/mol. The molecule has 8 nitrogen and oxygen atoms in total. The van der Waals surface area contributed by atoms with Crippen LogP contribution in [-0.2, 0) is 11.3 Å². The molecule has 8 heteroatoms. The fraction of sp³-hybridized carbons (Fsp3) is 0.714. The zero-order valence-corrected chi connectivity index (χ0v) is 12.3. The summed E-state index contributed by atoms with van der Waals surface area (Å²) < 4.78 is 5.25. The SMILES string of the molecule is O=C1NC2(CCNCC2)C(=O)N1Cc1noc(C2CCC2)n1. The maximum atomic E-state index is 12.6. The van der Waals surface area contributed by atoms with Crippen molar-refractivity contribution < 1.29 is 14.1 Å². The van der Waals surface area contributed by atoms with E-state index >= 15 is 0 Å². The van der Waals surface area contributed by atoms with Crippen molar-refractivity contribution in [2.75, 3.05) is 13.1 Å². The van der Waals surface area contributed by atoms with Crippen LogP contribution in [0.3, 0.4) is 0 Å². The van der Waals surface area contributed by atoms with Gasteiger partial charge in [0.1, 0.15) is 5.54 Å². The van der Waals surface area contributed by atoms with Gasteiger partial charge in [-0.05, 0) is 38.8 Å². The highest BCUT2D eigenvalue weighted by Gasteiger charge is 2.51. The highest BCUT2D eigenvalue weighted by Crippen LogP contribution is 2.35. The van der Waals surface area contributed by atoms with Gasteiger partial charge in [-0.25, -0.2) is 4.79 Å². The second-order valence-electron chi connectivity index (χ2n) is 6.33. The third-order valence-electron chi connectivity index (χ3n) is 4.94. The first-order valence-corrected chi connectivity index (χ1v) is 7.85. The van der Waals surface area contributed by atoms with E-state index in [-0.39, 0.29) is 18.5 Å². The van der Waals surface area contributed by atoms with Crippen LogP contribution < -0.4 is 10.6 Å². The molecule has 22 heavy (non-hydrogen) atoms. The predicted octanol–water partition coefficient (Wildman–Crippen LogP) is 0.511. The zero-order chi connectivity index (χ0) is 15.2. The van der Waals surface area contributed by atoms with Crippen LogP contribution >= 0.6 is 0 Å². The molecule has 2 N–H and O–H groups in total. The molecule has 1 aliphatic carbocycles. The Morgan fingerprint density at radius 3 is 2.73 bits per heavy atom. The summed E-state index contributed by atoms with van der Waals surface area (Å²) in [5.74, 6) is 1.20. The molecule has 0 radical (unpaired) electrons. The molecule has 2 saturated heterocycles. The largest absolute Gasteiger partial charge is 0.339 e. The average Bonchev–Trinajstić information content (AvgIpc) is 2.98. The molecule has 118 valence electrons. The average molecular weight is 305 g/mol. The number of amides is 3. The van der Waals surface area contributed by atoms with Gasteiger partial charge in [-0.2, -0.15) is 4.98 Å². The summed E-state index contributed by atoms with van der Waals surface area (Å²) in [6.45, 7) is 1.54. The zero-order valence-electron chi connectivity index (χ0n) is 12.3. The van der Waals surface area contributed by atoms with Gasteiger partial charge in [0.05, 0.1) is 6.54 Å². The highest BCUT2D eigenvalue weighted by molar-refractivity contribution is 6.07. The standard InChI is InChI=1S/C14H19N5O3/c20-12-14(4-6-15-7-5-14)17-13(21)19(12)8-10-16-11(22-18-10)9-2-1-3-9/h9,15H,1-8H2,(H,17,21). The molecule has 0 aromatic carbocycles. The molecule has 3 heterocycles. The first-order valence-electron chi connectivity index (χ1n) is 7.85.